The van der Waals surface area contributed by atoms with E-state index < -0.39 is 10.0 Å². The Morgan fingerprint density at radius 1 is 1.26 bits per heavy atom. The number of aliphatic hydroxyl groups is 1. The number of anilines is 1. The second-order valence-electron chi connectivity index (χ2n) is 4.17. The number of sulfonamides is 1. The van der Waals surface area contributed by atoms with Crippen molar-refractivity contribution in [3.8, 4) is 0 Å². The van der Waals surface area contributed by atoms with E-state index in [4.69, 9.17) is 5.11 Å². The Bertz CT molecular complexity index is 488. The first kappa shape index (κ1) is 15.9. The van der Waals surface area contributed by atoms with Gasteiger partial charge in [-0.25, -0.2) is 13.1 Å². The molecule has 6 heteroatoms. The second kappa shape index (κ2) is 7.47. The molecule has 0 aliphatic rings. The van der Waals surface area contributed by atoms with E-state index in [1.54, 1.807) is 24.3 Å². The molecular formula is C13H22N2O3S. The van der Waals surface area contributed by atoms with Gasteiger partial charge in [0, 0.05) is 19.6 Å². The minimum absolute atomic E-state index is 0.00932. The Balaban J connectivity index is 3.14. The number of rotatable bonds is 8. The summed E-state index contributed by atoms with van der Waals surface area (Å²) in [7, 11) is -3.50. The van der Waals surface area contributed by atoms with Crippen molar-refractivity contribution < 1.29 is 13.5 Å². The molecule has 0 saturated carbocycles. The number of hydrogen-bond acceptors (Lipinski definition) is 4. The number of aliphatic hydroxyl groups excluding tert-OH is 1. The van der Waals surface area contributed by atoms with Crippen molar-refractivity contribution in [1.82, 2.24) is 4.72 Å². The van der Waals surface area contributed by atoms with Crippen molar-refractivity contribution in [3.63, 3.8) is 0 Å². The molecule has 0 radical (unpaired) electrons. The second-order valence-corrected chi connectivity index (χ2v) is 5.90. The molecule has 5 nitrogen and oxygen atoms in total. The molecule has 0 aliphatic heterocycles. The first-order valence-corrected chi connectivity index (χ1v) is 7.99. The van der Waals surface area contributed by atoms with E-state index in [0.29, 0.717) is 25.3 Å². The zero-order valence-electron chi connectivity index (χ0n) is 11.5. The third-order valence-electron chi connectivity index (χ3n) is 2.79. The van der Waals surface area contributed by atoms with E-state index in [1.807, 2.05) is 18.7 Å². The van der Waals surface area contributed by atoms with Crippen LogP contribution in [0, 0.1) is 0 Å². The quantitative estimate of drug-likeness (QED) is 0.753. The summed E-state index contributed by atoms with van der Waals surface area (Å²) in [6, 6.07) is 6.86. The van der Waals surface area contributed by atoms with Crippen LogP contribution in [0.25, 0.3) is 0 Å². The maximum absolute atomic E-state index is 12.2. The summed E-state index contributed by atoms with van der Waals surface area (Å²) >= 11 is 0. The van der Waals surface area contributed by atoms with Crippen LogP contribution in [0.1, 0.15) is 20.3 Å². The van der Waals surface area contributed by atoms with Crippen LogP contribution in [0.5, 0.6) is 0 Å². The molecule has 0 spiro atoms. The van der Waals surface area contributed by atoms with Crippen LogP contribution in [0.2, 0.25) is 0 Å². The molecule has 0 fully saturated rings. The molecule has 19 heavy (non-hydrogen) atoms. The highest BCUT2D eigenvalue weighted by Crippen LogP contribution is 2.24. The van der Waals surface area contributed by atoms with Gasteiger partial charge in [-0.1, -0.05) is 19.1 Å². The Labute approximate surface area is 115 Å². The number of nitrogens with one attached hydrogen (secondary N) is 1. The Hall–Kier alpha value is -1.11. The lowest BCUT2D eigenvalue weighted by atomic mass is 10.3. The van der Waals surface area contributed by atoms with Gasteiger partial charge in [-0.05, 0) is 25.5 Å². The molecule has 0 amide bonds. The molecule has 0 atom stereocenters. The van der Waals surface area contributed by atoms with Gasteiger partial charge >= 0.3 is 0 Å². The lowest BCUT2D eigenvalue weighted by Crippen LogP contribution is -2.30. The molecule has 1 aromatic rings. The molecule has 108 valence electrons. The van der Waals surface area contributed by atoms with Gasteiger partial charge in [-0.15, -0.1) is 0 Å². The summed E-state index contributed by atoms with van der Waals surface area (Å²) < 4.78 is 27.0. The minimum Gasteiger partial charge on any atom is -0.395 e. The molecule has 1 rings (SSSR count). The van der Waals surface area contributed by atoms with Gasteiger partial charge in [0.2, 0.25) is 10.0 Å². The van der Waals surface area contributed by atoms with Crippen molar-refractivity contribution in [2.75, 3.05) is 31.1 Å². The van der Waals surface area contributed by atoms with E-state index in [2.05, 4.69) is 4.72 Å². The number of hydrogen-bond donors (Lipinski definition) is 2. The monoisotopic (exact) mass is 286 g/mol. The van der Waals surface area contributed by atoms with Gasteiger partial charge in [0.15, 0.2) is 0 Å². The third-order valence-corrected chi connectivity index (χ3v) is 4.30. The molecule has 0 heterocycles. The van der Waals surface area contributed by atoms with Crippen molar-refractivity contribution in [3.05, 3.63) is 24.3 Å². The molecule has 0 aliphatic carbocycles. The molecule has 0 unspecified atom stereocenters. The summed E-state index contributed by atoms with van der Waals surface area (Å²) in [4.78, 5) is 2.11. The third kappa shape index (κ3) is 4.19. The van der Waals surface area contributed by atoms with E-state index in [9.17, 15) is 8.42 Å². The van der Waals surface area contributed by atoms with E-state index in [-0.39, 0.29) is 11.5 Å². The number of nitrogens with zero attached hydrogens (tertiary/aromatic N) is 1. The zero-order valence-corrected chi connectivity index (χ0v) is 12.3. The van der Waals surface area contributed by atoms with Crippen molar-refractivity contribution in [2.24, 2.45) is 0 Å². The summed E-state index contributed by atoms with van der Waals surface area (Å²) in [5, 5.41) is 9.06. The van der Waals surface area contributed by atoms with Crippen LogP contribution in [-0.2, 0) is 10.0 Å². The van der Waals surface area contributed by atoms with Crippen molar-refractivity contribution in [1.29, 1.82) is 0 Å². The number of likely N-dealkylation sites (N-methyl/N-ethyl adjacent to an activating group) is 1. The van der Waals surface area contributed by atoms with Gasteiger partial charge in [-0.2, -0.15) is 0 Å². The van der Waals surface area contributed by atoms with Gasteiger partial charge in [0.25, 0.3) is 0 Å². The summed E-state index contributed by atoms with van der Waals surface area (Å²) in [6.07, 6.45) is 0.746. The fourth-order valence-electron chi connectivity index (χ4n) is 1.83. The van der Waals surface area contributed by atoms with Gasteiger partial charge in [0.1, 0.15) is 4.90 Å². The molecule has 0 bridgehead atoms. The lowest BCUT2D eigenvalue weighted by Gasteiger charge is -2.24. The molecule has 0 saturated heterocycles. The first-order chi connectivity index (χ1) is 9.06. The lowest BCUT2D eigenvalue weighted by molar-refractivity contribution is 0.302. The standard InChI is InChI=1S/C13H22N2O3S/c1-3-9-14-19(17,18)13-8-6-5-7-12(13)15(4-2)10-11-16/h5-8,14,16H,3-4,9-11H2,1-2H3. The number of benzene rings is 1. The maximum Gasteiger partial charge on any atom is 0.242 e. The van der Waals surface area contributed by atoms with Crippen molar-refractivity contribution in [2.45, 2.75) is 25.2 Å². The average Bonchev–Trinajstić information content (AvgIpc) is 2.42. The van der Waals surface area contributed by atoms with E-state index >= 15 is 0 Å². The molecule has 2 N–H and O–H groups in total. The molecule has 0 aromatic heterocycles. The predicted octanol–water partition coefficient (Wildman–Crippen LogP) is 1.19. The maximum atomic E-state index is 12.2. The summed E-state index contributed by atoms with van der Waals surface area (Å²) in [5.41, 5.74) is 0.627. The minimum atomic E-state index is -3.50. The SMILES string of the molecule is CCCNS(=O)(=O)c1ccccc1N(CC)CCO. The largest absolute Gasteiger partial charge is 0.395 e. The topological polar surface area (TPSA) is 69.6 Å². The number of para-hydroxylation sites is 1. The molecule has 1 aromatic carbocycles. The highest BCUT2D eigenvalue weighted by atomic mass is 32.2. The van der Waals surface area contributed by atoms with Crippen LogP contribution in [0.3, 0.4) is 0 Å². The highest BCUT2D eigenvalue weighted by molar-refractivity contribution is 7.89. The van der Waals surface area contributed by atoms with E-state index in [1.165, 1.54) is 0 Å². The Kier molecular flexibility index (Phi) is 6.27. The fourth-order valence-corrected chi connectivity index (χ4v) is 3.19. The van der Waals surface area contributed by atoms with Crippen LogP contribution in [0.15, 0.2) is 29.2 Å². The van der Waals surface area contributed by atoms with Gasteiger partial charge in [-0.3, -0.25) is 0 Å². The summed E-state index contributed by atoms with van der Waals surface area (Å²) in [6.45, 7) is 5.31. The summed E-state index contributed by atoms with van der Waals surface area (Å²) in [5.74, 6) is 0. The fraction of sp³-hybridized carbons (Fsp3) is 0.538. The smallest absolute Gasteiger partial charge is 0.242 e. The predicted molar refractivity (Wildman–Crippen MR) is 76.9 cm³/mol. The Morgan fingerprint density at radius 3 is 2.53 bits per heavy atom. The van der Waals surface area contributed by atoms with Gasteiger partial charge < -0.3 is 10.0 Å². The van der Waals surface area contributed by atoms with E-state index in [0.717, 1.165) is 6.42 Å². The van der Waals surface area contributed by atoms with Crippen LogP contribution >= 0.6 is 0 Å². The Morgan fingerprint density at radius 2 is 1.95 bits per heavy atom. The van der Waals surface area contributed by atoms with Crippen LogP contribution in [0.4, 0.5) is 5.69 Å². The van der Waals surface area contributed by atoms with Crippen LogP contribution in [-0.4, -0.2) is 39.8 Å². The van der Waals surface area contributed by atoms with Crippen LogP contribution < -0.4 is 9.62 Å². The molecular weight excluding hydrogens is 264 g/mol. The average molecular weight is 286 g/mol. The highest BCUT2D eigenvalue weighted by Gasteiger charge is 2.20. The normalized spacial score (nSPS) is 11.5. The first-order valence-electron chi connectivity index (χ1n) is 6.51. The zero-order chi connectivity index (χ0) is 14.3. The van der Waals surface area contributed by atoms with Gasteiger partial charge in [0.05, 0.1) is 12.3 Å². The van der Waals surface area contributed by atoms with Crippen molar-refractivity contribution >= 4 is 15.7 Å².